The quantitative estimate of drug-likeness (QED) is 0.736. The number of ether oxygens (including phenoxy) is 1. The van der Waals surface area contributed by atoms with Crippen LogP contribution in [0.1, 0.15) is 11.6 Å². The fourth-order valence-electron chi connectivity index (χ4n) is 1.58. The minimum atomic E-state index is -0.604. The summed E-state index contributed by atoms with van der Waals surface area (Å²) in [5.41, 5.74) is 0.742. The molecule has 0 aromatic heterocycles. The molecule has 1 unspecified atom stereocenters. The molecule has 16 heavy (non-hydrogen) atoms. The minimum absolute atomic E-state index is 0.0471. The van der Waals surface area contributed by atoms with Gasteiger partial charge in [-0.15, -0.1) is 0 Å². The van der Waals surface area contributed by atoms with Crippen LogP contribution in [0.3, 0.4) is 0 Å². The number of methoxy groups -OCH3 is 1. The van der Waals surface area contributed by atoms with E-state index >= 15 is 0 Å². The Bertz CT molecular complexity index is 414. The van der Waals surface area contributed by atoms with Gasteiger partial charge in [0.25, 0.3) is 0 Å². The first-order chi connectivity index (χ1) is 7.70. The summed E-state index contributed by atoms with van der Waals surface area (Å²) in [6.07, 6.45) is 0. The van der Waals surface area contributed by atoms with E-state index in [9.17, 15) is 9.59 Å². The molecule has 1 aliphatic heterocycles. The molecule has 1 heterocycles. The number of carbonyl (C=O) groups excluding carboxylic acids is 2. The van der Waals surface area contributed by atoms with Crippen molar-refractivity contribution >= 4 is 11.8 Å². The SMILES string of the molecule is COc1ccc(C2NC(=O)CNC2=O)cc1. The number of amides is 2. The van der Waals surface area contributed by atoms with Crippen molar-refractivity contribution < 1.29 is 14.3 Å². The van der Waals surface area contributed by atoms with Crippen molar-refractivity contribution in [3.63, 3.8) is 0 Å². The number of hydrogen-bond donors (Lipinski definition) is 2. The minimum Gasteiger partial charge on any atom is -0.497 e. The van der Waals surface area contributed by atoms with Gasteiger partial charge in [-0.25, -0.2) is 0 Å². The molecule has 0 aliphatic carbocycles. The zero-order chi connectivity index (χ0) is 11.5. The van der Waals surface area contributed by atoms with Crippen LogP contribution in [0, 0.1) is 0 Å². The molecule has 84 valence electrons. The molecule has 2 amide bonds. The van der Waals surface area contributed by atoms with Gasteiger partial charge in [0.15, 0.2) is 0 Å². The molecule has 1 fully saturated rings. The van der Waals surface area contributed by atoms with Gasteiger partial charge in [0.05, 0.1) is 13.7 Å². The second-order valence-electron chi connectivity index (χ2n) is 3.49. The number of nitrogens with one attached hydrogen (secondary N) is 2. The van der Waals surface area contributed by atoms with Crippen molar-refractivity contribution in [2.45, 2.75) is 6.04 Å². The first kappa shape index (κ1) is 10.5. The molecule has 1 aromatic rings. The van der Waals surface area contributed by atoms with E-state index in [1.54, 1.807) is 31.4 Å². The van der Waals surface area contributed by atoms with Crippen molar-refractivity contribution in [1.29, 1.82) is 0 Å². The summed E-state index contributed by atoms with van der Waals surface area (Å²) in [5.74, 6) is 0.344. The average Bonchev–Trinajstić information content (AvgIpc) is 2.32. The van der Waals surface area contributed by atoms with E-state index in [-0.39, 0.29) is 18.4 Å². The summed E-state index contributed by atoms with van der Waals surface area (Å²) in [6, 6.07) is 6.42. The van der Waals surface area contributed by atoms with Crippen LogP contribution in [-0.4, -0.2) is 25.5 Å². The van der Waals surface area contributed by atoms with Crippen LogP contribution in [0.4, 0.5) is 0 Å². The molecule has 0 bridgehead atoms. The van der Waals surface area contributed by atoms with Gasteiger partial charge < -0.3 is 15.4 Å². The predicted octanol–water partition coefficient (Wildman–Crippen LogP) is -0.0177. The van der Waals surface area contributed by atoms with Crippen LogP contribution in [0.15, 0.2) is 24.3 Å². The number of carbonyl (C=O) groups is 2. The van der Waals surface area contributed by atoms with Gasteiger partial charge in [0.1, 0.15) is 11.8 Å². The Balaban J connectivity index is 2.21. The van der Waals surface area contributed by atoms with Gasteiger partial charge >= 0.3 is 0 Å². The molecule has 5 heteroatoms. The van der Waals surface area contributed by atoms with Gasteiger partial charge in [-0.2, -0.15) is 0 Å². The maximum atomic E-state index is 11.5. The molecular formula is C11H12N2O3. The molecular weight excluding hydrogens is 208 g/mol. The number of benzene rings is 1. The third-order valence-electron chi connectivity index (χ3n) is 2.44. The Kier molecular flexibility index (Phi) is 2.76. The lowest BCUT2D eigenvalue weighted by molar-refractivity contribution is -0.133. The van der Waals surface area contributed by atoms with Gasteiger partial charge in [0.2, 0.25) is 11.8 Å². The Hall–Kier alpha value is -2.04. The first-order valence-corrected chi connectivity index (χ1v) is 4.92. The topological polar surface area (TPSA) is 67.4 Å². The largest absolute Gasteiger partial charge is 0.497 e. The van der Waals surface area contributed by atoms with E-state index in [1.807, 2.05) is 0 Å². The standard InChI is InChI=1S/C11H12N2O3/c1-16-8-4-2-7(3-5-8)10-11(15)12-6-9(14)13-10/h2-5,10H,6H2,1H3,(H,12,15)(H,13,14). The van der Waals surface area contributed by atoms with Crippen molar-refractivity contribution in [2.24, 2.45) is 0 Å². The van der Waals surface area contributed by atoms with Crippen LogP contribution in [0.25, 0.3) is 0 Å². The molecule has 5 nitrogen and oxygen atoms in total. The third-order valence-corrected chi connectivity index (χ3v) is 2.44. The Morgan fingerprint density at radius 1 is 1.25 bits per heavy atom. The molecule has 2 N–H and O–H groups in total. The van der Waals surface area contributed by atoms with Crippen LogP contribution in [-0.2, 0) is 9.59 Å². The van der Waals surface area contributed by atoms with E-state index < -0.39 is 6.04 Å². The van der Waals surface area contributed by atoms with E-state index in [2.05, 4.69) is 10.6 Å². The normalized spacial score (nSPS) is 19.9. The maximum absolute atomic E-state index is 11.5. The smallest absolute Gasteiger partial charge is 0.247 e. The highest BCUT2D eigenvalue weighted by molar-refractivity contribution is 5.95. The Labute approximate surface area is 92.8 Å². The molecule has 1 saturated heterocycles. The average molecular weight is 220 g/mol. The molecule has 1 aliphatic rings. The van der Waals surface area contributed by atoms with Gasteiger partial charge in [-0.05, 0) is 17.7 Å². The zero-order valence-electron chi connectivity index (χ0n) is 8.82. The fourth-order valence-corrected chi connectivity index (χ4v) is 1.58. The molecule has 1 atom stereocenters. The highest BCUT2D eigenvalue weighted by Crippen LogP contribution is 2.18. The zero-order valence-corrected chi connectivity index (χ0v) is 8.82. The second-order valence-corrected chi connectivity index (χ2v) is 3.49. The van der Waals surface area contributed by atoms with E-state index in [0.29, 0.717) is 5.75 Å². The lowest BCUT2D eigenvalue weighted by Gasteiger charge is -2.23. The van der Waals surface area contributed by atoms with E-state index in [0.717, 1.165) is 5.56 Å². The van der Waals surface area contributed by atoms with Crippen LogP contribution >= 0.6 is 0 Å². The Morgan fingerprint density at radius 2 is 1.94 bits per heavy atom. The van der Waals surface area contributed by atoms with Crippen LogP contribution in [0.5, 0.6) is 5.75 Å². The summed E-state index contributed by atoms with van der Waals surface area (Å²) in [6.45, 7) is 0.0471. The molecule has 0 saturated carbocycles. The number of rotatable bonds is 2. The van der Waals surface area contributed by atoms with Gasteiger partial charge in [0, 0.05) is 0 Å². The summed E-state index contributed by atoms with van der Waals surface area (Å²) in [4.78, 5) is 22.7. The second kappa shape index (κ2) is 4.22. The summed E-state index contributed by atoms with van der Waals surface area (Å²) in [5, 5.41) is 5.15. The summed E-state index contributed by atoms with van der Waals surface area (Å²) in [7, 11) is 1.57. The van der Waals surface area contributed by atoms with Gasteiger partial charge in [-0.3, -0.25) is 9.59 Å². The molecule has 2 rings (SSSR count). The van der Waals surface area contributed by atoms with Crippen LogP contribution in [0.2, 0.25) is 0 Å². The van der Waals surface area contributed by atoms with Crippen molar-refractivity contribution in [3.05, 3.63) is 29.8 Å². The highest BCUT2D eigenvalue weighted by Gasteiger charge is 2.27. The first-order valence-electron chi connectivity index (χ1n) is 4.92. The number of hydrogen-bond acceptors (Lipinski definition) is 3. The monoisotopic (exact) mass is 220 g/mol. The third kappa shape index (κ3) is 1.98. The Morgan fingerprint density at radius 3 is 2.56 bits per heavy atom. The molecule has 0 spiro atoms. The van der Waals surface area contributed by atoms with E-state index in [4.69, 9.17) is 4.74 Å². The van der Waals surface area contributed by atoms with E-state index in [1.165, 1.54) is 0 Å². The summed E-state index contributed by atoms with van der Waals surface area (Å²) < 4.78 is 5.02. The molecule has 0 radical (unpaired) electrons. The summed E-state index contributed by atoms with van der Waals surface area (Å²) >= 11 is 0. The van der Waals surface area contributed by atoms with Gasteiger partial charge in [-0.1, -0.05) is 12.1 Å². The van der Waals surface area contributed by atoms with Crippen molar-refractivity contribution in [2.75, 3.05) is 13.7 Å². The van der Waals surface area contributed by atoms with Crippen molar-refractivity contribution in [3.8, 4) is 5.75 Å². The molecule has 1 aromatic carbocycles. The van der Waals surface area contributed by atoms with Crippen LogP contribution < -0.4 is 15.4 Å². The lowest BCUT2D eigenvalue weighted by Crippen LogP contribution is -2.50. The fraction of sp³-hybridized carbons (Fsp3) is 0.273. The maximum Gasteiger partial charge on any atom is 0.247 e. The number of piperazine rings is 1. The van der Waals surface area contributed by atoms with Crippen molar-refractivity contribution in [1.82, 2.24) is 10.6 Å². The lowest BCUT2D eigenvalue weighted by atomic mass is 10.0. The highest BCUT2D eigenvalue weighted by atomic mass is 16.5. The predicted molar refractivity (Wildman–Crippen MR) is 56.9 cm³/mol.